The van der Waals surface area contributed by atoms with Crippen molar-refractivity contribution < 1.29 is 9.32 Å². The first kappa shape index (κ1) is 13.0. The first-order chi connectivity index (χ1) is 9.65. The zero-order valence-electron chi connectivity index (χ0n) is 11.2. The minimum absolute atomic E-state index is 0.0251. The van der Waals surface area contributed by atoms with Gasteiger partial charge in [-0.25, -0.2) is 5.01 Å². The Morgan fingerprint density at radius 3 is 2.95 bits per heavy atom. The lowest BCUT2D eigenvalue weighted by molar-refractivity contribution is -0.133. The van der Waals surface area contributed by atoms with Crippen molar-refractivity contribution in [3.8, 4) is 11.4 Å². The Bertz CT molecular complexity index is 645. The van der Waals surface area contributed by atoms with Gasteiger partial charge < -0.3 is 4.52 Å². The molecule has 3 heterocycles. The molecule has 1 aliphatic heterocycles. The third kappa shape index (κ3) is 2.36. The maximum Gasteiger partial charge on any atom is 0.274 e. The highest BCUT2D eigenvalue weighted by molar-refractivity contribution is 7.08. The average Bonchev–Trinajstić information content (AvgIpc) is 3.09. The molecule has 0 radical (unpaired) electrons. The van der Waals surface area contributed by atoms with Gasteiger partial charge in [-0.1, -0.05) is 5.16 Å². The van der Waals surface area contributed by atoms with Crippen LogP contribution in [0.5, 0.6) is 0 Å². The average molecular weight is 290 g/mol. The minimum atomic E-state index is 0.0251. The van der Waals surface area contributed by atoms with Crippen LogP contribution in [0.3, 0.4) is 0 Å². The summed E-state index contributed by atoms with van der Waals surface area (Å²) in [5.74, 6) is 0.975. The number of carbonyl (C=O) groups excluding carboxylic acids is 1. The Morgan fingerprint density at radius 1 is 1.40 bits per heavy atom. The summed E-state index contributed by atoms with van der Waals surface area (Å²) in [5.41, 5.74) is 1.60. The molecule has 0 aliphatic carbocycles. The van der Waals surface area contributed by atoms with Crippen molar-refractivity contribution >= 4 is 23.0 Å². The number of nitrogens with zero attached hydrogens (tertiary/aromatic N) is 4. The molecule has 0 atom stereocenters. The van der Waals surface area contributed by atoms with E-state index in [4.69, 9.17) is 4.52 Å². The molecular weight excluding hydrogens is 276 g/mol. The highest BCUT2D eigenvalue weighted by Crippen LogP contribution is 2.21. The Morgan fingerprint density at radius 2 is 2.25 bits per heavy atom. The number of rotatable bonds is 3. The van der Waals surface area contributed by atoms with Crippen molar-refractivity contribution in [2.75, 3.05) is 0 Å². The Balaban J connectivity index is 1.90. The van der Waals surface area contributed by atoms with E-state index in [1.165, 1.54) is 5.01 Å². The summed E-state index contributed by atoms with van der Waals surface area (Å²) in [7, 11) is 0. The second-order valence-electron chi connectivity index (χ2n) is 4.81. The van der Waals surface area contributed by atoms with Crippen molar-refractivity contribution in [1.82, 2.24) is 15.1 Å². The van der Waals surface area contributed by atoms with Crippen LogP contribution in [0.4, 0.5) is 0 Å². The Labute approximate surface area is 120 Å². The van der Waals surface area contributed by atoms with Crippen LogP contribution < -0.4 is 0 Å². The first-order valence-corrected chi connectivity index (χ1v) is 7.35. The molecule has 0 bridgehead atoms. The highest BCUT2D eigenvalue weighted by Gasteiger charge is 2.26. The van der Waals surface area contributed by atoms with E-state index in [0.29, 0.717) is 30.3 Å². The molecule has 20 heavy (non-hydrogen) atoms. The van der Waals surface area contributed by atoms with Crippen LogP contribution >= 0.6 is 11.3 Å². The van der Waals surface area contributed by atoms with E-state index in [0.717, 1.165) is 5.56 Å². The third-order valence-corrected chi connectivity index (χ3v) is 3.68. The van der Waals surface area contributed by atoms with E-state index in [-0.39, 0.29) is 11.9 Å². The van der Waals surface area contributed by atoms with E-state index in [1.54, 1.807) is 11.3 Å². The van der Waals surface area contributed by atoms with Crippen molar-refractivity contribution in [2.24, 2.45) is 5.10 Å². The Kier molecular flexibility index (Phi) is 3.35. The molecule has 0 fully saturated rings. The summed E-state index contributed by atoms with van der Waals surface area (Å²) < 4.78 is 5.27. The molecule has 0 aromatic carbocycles. The summed E-state index contributed by atoms with van der Waals surface area (Å²) in [4.78, 5) is 16.1. The van der Waals surface area contributed by atoms with Gasteiger partial charge in [0.1, 0.15) is 5.71 Å². The molecule has 104 valence electrons. The summed E-state index contributed by atoms with van der Waals surface area (Å²) >= 11 is 1.58. The van der Waals surface area contributed by atoms with Gasteiger partial charge in [-0.05, 0) is 25.3 Å². The van der Waals surface area contributed by atoms with Gasteiger partial charge in [-0.2, -0.15) is 21.4 Å². The summed E-state index contributed by atoms with van der Waals surface area (Å²) in [6, 6.07) is 1.96. The van der Waals surface area contributed by atoms with Gasteiger partial charge in [0.25, 0.3) is 5.89 Å². The maximum atomic E-state index is 11.8. The van der Waals surface area contributed by atoms with Crippen molar-refractivity contribution in [3.63, 3.8) is 0 Å². The Hall–Kier alpha value is -2.02. The number of thiophene rings is 1. The molecule has 7 heteroatoms. The van der Waals surface area contributed by atoms with Crippen molar-refractivity contribution in [1.29, 1.82) is 0 Å². The van der Waals surface area contributed by atoms with Gasteiger partial charge in [0.05, 0.1) is 0 Å². The van der Waals surface area contributed by atoms with Crippen LogP contribution in [-0.2, 0) is 4.79 Å². The summed E-state index contributed by atoms with van der Waals surface area (Å²) in [6.07, 6.45) is 0.959. The molecule has 0 saturated carbocycles. The SMILES string of the molecule is CC(C)N1N=C(c2nc(-c3ccsc3)no2)CCC1=O. The predicted octanol–water partition coefficient (Wildman–Crippen LogP) is 2.53. The molecule has 0 unspecified atom stereocenters. The standard InChI is InChI=1S/C13H14N4O2S/c1-8(2)17-11(18)4-3-10(15-17)13-14-12(16-19-13)9-5-6-20-7-9/h5-8H,3-4H2,1-2H3. The largest absolute Gasteiger partial charge is 0.332 e. The van der Waals surface area contributed by atoms with E-state index < -0.39 is 0 Å². The third-order valence-electron chi connectivity index (χ3n) is 3.00. The van der Waals surface area contributed by atoms with E-state index in [2.05, 4.69) is 15.2 Å². The fourth-order valence-corrected chi connectivity index (χ4v) is 2.61. The fraction of sp³-hybridized carbons (Fsp3) is 0.385. The highest BCUT2D eigenvalue weighted by atomic mass is 32.1. The minimum Gasteiger partial charge on any atom is -0.332 e. The second kappa shape index (κ2) is 5.16. The van der Waals surface area contributed by atoms with Crippen molar-refractivity contribution in [2.45, 2.75) is 32.7 Å². The lowest BCUT2D eigenvalue weighted by Gasteiger charge is -2.25. The number of hydrogen-bond acceptors (Lipinski definition) is 6. The molecule has 0 spiro atoms. The number of aromatic nitrogens is 2. The number of hydrogen-bond donors (Lipinski definition) is 0. The van der Waals surface area contributed by atoms with Crippen LogP contribution in [0.2, 0.25) is 0 Å². The number of amides is 1. The zero-order chi connectivity index (χ0) is 14.1. The van der Waals surface area contributed by atoms with Crippen molar-refractivity contribution in [3.05, 3.63) is 22.7 Å². The molecule has 3 rings (SSSR count). The van der Waals surface area contributed by atoms with Crippen LogP contribution in [-0.4, -0.2) is 32.8 Å². The summed E-state index contributed by atoms with van der Waals surface area (Å²) in [6.45, 7) is 3.85. The van der Waals surface area contributed by atoms with Gasteiger partial charge in [0, 0.05) is 29.8 Å². The lowest BCUT2D eigenvalue weighted by atomic mass is 10.1. The van der Waals surface area contributed by atoms with Crippen LogP contribution in [0.15, 0.2) is 26.5 Å². The monoisotopic (exact) mass is 290 g/mol. The zero-order valence-corrected chi connectivity index (χ0v) is 12.1. The molecule has 0 saturated heterocycles. The number of hydrazone groups is 1. The fourth-order valence-electron chi connectivity index (χ4n) is 1.98. The van der Waals surface area contributed by atoms with E-state index in [9.17, 15) is 4.79 Å². The molecule has 2 aromatic rings. The molecular formula is C13H14N4O2S. The molecule has 2 aromatic heterocycles. The molecule has 1 aliphatic rings. The number of carbonyl (C=O) groups is 1. The first-order valence-electron chi connectivity index (χ1n) is 6.41. The second-order valence-corrected chi connectivity index (χ2v) is 5.59. The molecule has 0 N–H and O–H groups in total. The summed E-state index contributed by atoms with van der Waals surface area (Å²) in [5, 5.41) is 13.7. The predicted molar refractivity (Wildman–Crippen MR) is 75.4 cm³/mol. The topological polar surface area (TPSA) is 71.6 Å². The van der Waals surface area contributed by atoms with Crippen LogP contribution in [0.1, 0.15) is 32.6 Å². The maximum absolute atomic E-state index is 11.8. The van der Waals surface area contributed by atoms with Gasteiger partial charge in [-0.3, -0.25) is 4.79 Å². The molecule has 1 amide bonds. The van der Waals surface area contributed by atoms with E-state index in [1.807, 2.05) is 30.7 Å². The van der Waals surface area contributed by atoms with Gasteiger partial charge in [0.15, 0.2) is 0 Å². The van der Waals surface area contributed by atoms with Gasteiger partial charge in [-0.15, -0.1) is 0 Å². The quantitative estimate of drug-likeness (QED) is 0.870. The molecule has 6 nitrogen and oxygen atoms in total. The van der Waals surface area contributed by atoms with Crippen LogP contribution in [0.25, 0.3) is 11.4 Å². The van der Waals surface area contributed by atoms with Gasteiger partial charge in [0.2, 0.25) is 11.7 Å². The van der Waals surface area contributed by atoms with Gasteiger partial charge >= 0.3 is 0 Å². The van der Waals surface area contributed by atoms with Crippen LogP contribution in [0, 0.1) is 0 Å². The van der Waals surface area contributed by atoms with E-state index >= 15 is 0 Å². The smallest absolute Gasteiger partial charge is 0.274 e. The normalized spacial score (nSPS) is 15.8. The lowest BCUT2D eigenvalue weighted by Crippen LogP contribution is -2.36.